The van der Waals surface area contributed by atoms with Crippen molar-refractivity contribution in [3.8, 4) is 56.3 Å². The Morgan fingerprint density at radius 2 is 1.00 bits per heavy atom. The van der Waals surface area contributed by atoms with E-state index in [0.29, 0.717) is 33.8 Å². The monoisotopic (exact) mass is 742 g/mol. The van der Waals surface area contributed by atoms with Crippen LogP contribution < -0.4 is 4.90 Å². The fourth-order valence-corrected chi connectivity index (χ4v) is 8.17. The first-order chi connectivity index (χ1) is 28.5. The predicted octanol–water partition coefficient (Wildman–Crippen LogP) is 12.7. The molecule has 8 aromatic carbocycles. The molecule has 58 heavy (non-hydrogen) atoms. The molecule has 0 bridgehead atoms. The lowest BCUT2D eigenvalue weighted by molar-refractivity contribution is 0.0926. The first kappa shape index (κ1) is 34.2. The number of anilines is 1. The number of carbonyl (C=O) groups is 2. The highest BCUT2D eigenvalue weighted by atomic mass is 16.2. The molecule has 6 nitrogen and oxygen atoms in total. The second-order valence-corrected chi connectivity index (χ2v) is 14.3. The predicted molar refractivity (Wildman–Crippen MR) is 231 cm³/mol. The maximum absolute atomic E-state index is 15.0. The van der Waals surface area contributed by atoms with Gasteiger partial charge in [0.15, 0.2) is 5.69 Å². The Morgan fingerprint density at radius 1 is 0.466 bits per heavy atom. The minimum atomic E-state index is -0.388. The molecule has 9 aromatic rings. The minimum Gasteiger partial charge on any atom is -0.308 e. The highest BCUT2D eigenvalue weighted by Gasteiger charge is 2.40. The van der Waals surface area contributed by atoms with Crippen LogP contribution in [0, 0.1) is 17.9 Å². The van der Waals surface area contributed by atoms with E-state index < -0.39 is 0 Å². The van der Waals surface area contributed by atoms with Gasteiger partial charge in [0.2, 0.25) is 0 Å². The molecule has 6 heteroatoms. The number of nitrogens with zero attached hydrogens (tertiary/aromatic N) is 4. The van der Waals surface area contributed by atoms with Gasteiger partial charge >= 0.3 is 0 Å². The molecule has 0 saturated carbocycles. The highest BCUT2D eigenvalue weighted by molar-refractivity contribution is 6.36. The van der Waals surface area contributed by atoms with Crippen LogP contribution in [-0.4, -0.2) is 16.4 Å². The molecule has 0 spiro atoms. The van der Waals surface area contributed by atoms with Gasteiger partial charge in [0, 0.05) is 16.3 Å². The van der Waals surface area contributed by atoms with E-state index in [1.54, 1.807) is 6.07 Å². The van der Waals surface area contributed by atoms with E-state index in [-0.39, 0.29) is 11.8 Å². The summed E-state index contributed by atoms with van der Waals surface area (Å²) in [6.07, 6.45) is 0. The van der Waals surface area contributed by atoms with Gasteiger partial charge in [0.1, 0.15) is 0 Å². The lowest BCUT2D eigenvalue weighted by Gasteiger charge is -2.20. The van der Waals surface area contributed by atoms with Crippen molar-refractivity contribution in [2.24, 2.45) is 0 Å². The molecule has 0 unspecified atom stereocenters. The van der Waals surface area contributed by atoms with Crippen molar-refractivity contribution >= 4 is 45.0 Å². The summed E-state index contributed by atoms with van der Waals surface area (Å²) >= 11 is 0. The molecule has 0 atom stereocenters. The van der Waals surface area contributed by atoms with E-state index in [1.807, 2.05) is 140 Å². The number of fused-ring (bicyclic) bond motifs is 4. The number of nitriles is 1. The molecule has 10 rings (SSSR count). The van der Waals surface area contributed by atoms with Crippen molar-refractivity contribution in [3.63, 3.8) is 0 Å². The minimum absolute atomic E-state index is 0.340. The quantitative estimate of drug-likeness (QED) is 0.126. The van der Waals surface area contributed by atoms with E-state index in [9.17, 15) is 14.9 Å². The molecule has 1 aliphatic rings. The molecule has 270 valence electrons. The molecular weight excluding hydrogens is 713 g/mol. The number of rotatable bonds is 6. The topological polar surface area (TPSA) is 70.5 Å². The molecule has 0 N–H and O–H groups in total. The maximum atomic E-state index is 15.0. The van der Waals surface area contributed by atoms with Crippen molar-refractivity contribution in [1.29, 1.82) is 5.26 Å². The lowest BCUT2D eigenvalue weighted by Crippen LogP contribution is -2.30. The smallest absolute Gasteiger partial charge is 0.268 e. The second kappa shape index (κ2) is 13.8. The number of hydrogen-bond acceptors (Lipinski definition) is 3. The Kier molecular flexibility index (Phi) is 8.11. The Morgan fingerprint density at radius 3 is 1.60 bits per heavy atom. The third kappa shape index (κ3) is 5.56. The summed E-state index contributed by atoms with van der Waals surface area (Å²) in [5.74, 6) is -0.763. The van der Waals surface area contributed by atoms with E-state index in [1.165, 1.54) is 4.90 Å². The zero-order valence-corrected chi connectivity index (χ0v) is 30.9. The SMILES string of the molecule is [C-]#[N+]c1ccc(-c2ccc3c(c2)c2cc(-c4ccc(C#N)cc4)ccc2n3-c2cccc3c2C(=O)N(c2ccc(-c4ccccc4)cc2-c2ccccc2)C3=O)cc1. The number of aromatic nitrogens is 1. The van der Waals surface area contributed by atoms with Gasteiger partial charge in [-0.1, -0.05) is 121 Å². The lowest BCUT2D eigenvalue weighted by atomic mass is 9.97. The normalized spacial score (nSPS) is 12.1. The molecule has 2 amide bonds. The highest BCUT2D eigenvalue weighted by Crippen LogP contribution is 2.43. The standard InChI is InChI=1S/C52H30N4O2/c1-54-41-24-19-36(20-25-41)40-23-28-48-45(31-40)44-30-39(35-17-15-33(32-53)16-18-35)22-27-47(44)55(48)49-14-8-13-42-50(49)52(58)56(51(42)57)46-26-21-38(34-9-4-2-5-10-34)29-43(46)37-11-6-3-7-12-37/h2-31H. The summed E-state index contributed by atoms with van der Waals surface area (Å²) in [5.41, 5.74) is 12.3. The third-order valence-corrected chi connectivity index (χ3v) is 11.0. The largest absolute Gasteiger partial charge is 0.308 e. The zero-order valence-electron chi connectivity index (χ0n) is 30.9. The van der Waals surface area contributed by atoms with Crippen molar-refractivity contribution < 1.29 is 9.59 Å². The summed E-state index contributed by atoms with van der Waals surface area (Å²) in [6, 6.07) is 61.1. The van der Waals surface area contributed by atoms with E-state index in [4.69, 9.17) is 6.57 Å². The van der Waals surface area contributed by atoms with Gasteiger partial charge in [-0.15, -0.1) is 0 Å². The van der Waals surface area contributed by atoms with Crippen LogP contribution in [0.15, 0.2) is 182 Å². The van der Waals surface area contributed by atoms with Gasteiger partial charge in [0.05, 0.1) is 51.7 Å². The molecule has 0 fully saturated rings. The Balaban J connectivity index is 1.16. The average molecular weight is 743 g/mol. The van der Waals surface area contributed by atoms with Gasteiger partial charge < -0.3 is 4.57 Å². The molecule has 1 aromatic heterocycles. The van der Waals surface area contributed by atoms with Crippen molar-refractivity contribution in [3.05, 3.63) is 210 Å². The molecule has 0 saturated heterocycles. The third-order valence-electron chi connectivity index (χ3n) is 11.0. The fourth-order valence-electron chi connectivity index (χ4n) is 8.17. The van der Waals surface area contributed by atoms with Crippen LogP contribution in [0.1, 0.15) is 26.3 Å². The summed E-state index contributed by atoms with van der Waals surface area (Å²) in [6.45, 7) is 7.41. The number of imide groups is 1. The van der Waals surface area contributed by atoms with Crippen LogP contribution in [0.5, 0.6) is 0 Å². The molecule has 1 aliphatic heterocycles. The molecule has 0 aliphatic carbocycles. The van der Waals surface area contributed by atoms with Gasteiger partial charge in [-0.2, -0.15) is 5.26 Å². The second-order valence-electron chi connectivity index (χ2n) is 14.3. The number of benzene rings is 8. The Hall–Kier alpha value is -8.32. The van der Waals surface area contributed by atoms with Gasteiger partial charge in [0.25, 0.3) is 11.8 Å². The average Bonchev–Trinajstić information content (AvgIpc) is 3.75. The van der Waals surface area contributed by atoms with Gasteiger partial charge in [-0.05, 0) is 99.6 Å². The van der Waals surface area contributed by atoms with Crippen LogP contribution in [0.2, 0.25) is 0 Å². The van der Waals surface area contributed by atoms with E-state index >= 15 is 0 Å². The maximum Gasteiger partial charge on any atom is 0.268 e. The summed E-state index contributed by atoms with van der Waals surface area (Å²) in [4.78, 5) is 34.4. The van der Waals surface area contributed by atoms with E-state index in [2.05, 4.69) is 51.9 Å². The van der Waals surface area contributed by atoms with Gasteiger partial charge in [-0.25, -0.2) is 9.74 Å². The van der Waals surface area contributed by atoms with Crippen LogP contribution >= 0.6 is 0 Å². The van der Waals surface area contributed by atoms with Crippen molar-refractivity contribution in [2.45, 2.75) is 0 Å². The molecule has 2 heterocycles. The van der Waals surface area contributed by atoms with E-state index in [0.717, 1.165) is 66.3 Å². The summed E-state index contributed by atoms with van der Waals surface area (Å²) in [5, 5.41) is 11.3. The number of hydrogen-bond donors (Lipinski definition) is 0. The summed E-state index contributed by atoms with van der Waals surface area (Å²) in [7, 11) is 0. The van der Waals surface area contributed by atoms with Crippen LogP contribution in [-0.2, 0) is 0 Å². The van der Waals surface area contributed by atoms with Crippen molar-refractivity contribution in [2.75, 3.05) is 4.90 Å². The first-order valence-electron chi connectivity index (χ1n) is 18.8. The zero-order chi connectivity index (χ0) is 39.3. The molecule has 0 radical (unpaired) electrons. The number of amides is 2. The van der Waals surface area contributed by atoms with Crippen LogP contribution in [0.4, 0.5) is 11.4 Å². The van der Waals surface area contributed by atoms with Crippen LogP contribution in [0.3, 0.4) is 0 Å². The number of carbonyl (C=O) groups excluding carboxylic acids is 2. The fraction of sp³-hybridized carbons (Fsp3) is 0. The van der Waals surface area contributed by atoms with Crippen molar-refractivity contribution in [1.82, 2.24) is 4.57 Å². The van der Waals surface area contributed by atoms with Gasteiger partial charge in [-0.3, -0.25) is 9.59 Å². The first-order valence-corrected chi connectivity index (χ1v) is 18.8. The van der Waals surface area contributed by atoms with Crippen LogP contribution in [0.25, 0.3) is 76.8 Å². The molecular formula is C52H30N4O2. The summed E-state index contributed by atoms with van der Waals surface area (Å²) < 4.78 is 2.09. The Labute approximate surface area is 334 Å². The Bertz CT molecular complexity index is 3090.